The van der Waals surface area contributed by atoms with E-state index in [9.17, 15) is 4.79 Å². The van der Waals surface area contributed by atoms with Crippen LogP contribution in [-0.2, 0) is 18.4 Å². The summed E-state index contributed by atoms with van der Waals surface area (Å²) >= 11 is 1.40. The second-order valence-corrected chi connectivity index (χ2v) is 6.41. The molecule has 1 aromatic heterocycles. The molecule has 1 heterocycles. The Hall–Kier alpha value is -2.60. The number of benzene rings is 2. The largest absolute Gasteiger partial charge is 0.351 e. The lowest BCUT2D eigenvalue weighted by molar-refractivity contribution is -0.120. The molecule has 0 spiro atoms. The van der Waals surface area contributed by atoms with Crippen LogP contribution in [0.3, 0.4) is 0 Å². The van der Waals surface area contributed by atoms with Crippen molar-refractivity contribution >= 4 is 17.7 Å². The number of aromatic nitrogens is 3. The Balaban J connectivity index is 1.76. The van der Waals surface area contributed by atoms with Crippen LogP contribution in [0.1, 0.15) is 16.4 Å². The first-order valence-electron chi connectivity index (χ1n) is 7.61. The molecule has 0 unspecified atom stereocenters. The number of carbonyl (C=O) groups is 1. The molecule has 1 amide bonds. The van der Waals surface area contributed by atoms with Gasteiger partial charge in [-0.3, -0.25) is 4.79 Å². The SMILES string of the molecule is Cn1cnnc1S[C@H](C(=O)NCc1ccccc1)c1ccccc1. The van der Waals surface area contributed by atoms with Crippen molar-refractivity contribution < 1.29 is 4.79 Å². The van der Waals surface area contributed by atoms with Crippen LogP contribution < -0.4 is 5.32 Å². The minimum absolute atomic E-state index is 0.0435. The molecule has 122 valence electrons. The van der Waals surface area contributed by atoms with Crippen LogP contribution in [0, 0.1) is 0 Å². The molecule has 2 aromatic carbocycles. The van der Waals surface area contributed by atoms with Gasteiger partial charge in [0.1, 0.15) is 11.6 Å². The van der Waals surface area contributed by atoms with Crippen LogP contribution in [-0.4, -0.2) is 20.7 Å². The van der Waals surface area contributed by atoms with Gasteiger partial charge in [-0.05, 0) is 11.1 Å². The molecule has 6 heteroatoms. The summed E-state index contributed by atoms with van der Waals surface area (Å²) in [7, 11) is 1.87. The van der Waals surface area contributed by atoms with Crippen molar-refractivity contribution in [3.05, 3.63) is 78.1 Å². The molecule has 1 atom stereocenters. The number of nitrogens with one attached hydrogen (secondary N) is 1. The highest BCUT2D eigenvalue weighted by Crippen LogP contribution is 2.33. The Labute approximate surface area is 145 Å². The van der Waals surface area contributed by atoms with E-state index in [1.54, 1.807) is 6.33 Å². The van der Waals surface area contributed by atoms with E-state index in [1.165, 1.54) is 11.8 Å². The third kappa shape index (κ3) is 4.02. The summed E-state index contributed by atoms with van der Waals surface area (Å²) in [6.07, 6.45) is 1.63. The molecule has 0 aliphatic carbocycles. The van der Waals surface area contributed by atoms with E-state index >= 15 is 0 Å². The molecule has 3 aromatic rings. The molecule has 3 rings (SSSR count). The van der Waals surface area contributed by atoms with E-state index in [2.05, 4.69) is 15.5 Å². The maximum absolute atomic E-state index is 12.8. The van der Waals surface area contributed by atoms with Crippen LogP contribution in [0.25, 0.3) is 0 Å². The number of rotatable bonds is 6. The second-order valence-electron chi connectivity index (χ2n) is 5.34. The fourth-order valence-corrected chi connectivity index (χ4v) is 3.27. The topological polar surface area (TPSA) is 59.8 Å². The third-order valence-corrected chi connectivity index (χ3v) is 4.85. The van der Waals surface area contributed by atoms with Crippen molar-refractivity contribution in [2.75, 3.05) is 0 Å². The molecule has 24 heavy (non-hydrogen) atoms. The van der Waals surface area contributed by atoms with E-state index < -0.39 is 0 Å². The molecule has 0 saturated carbocycles. The molecule has 0 fully saturated rings. The van der Waals surface area contributed by atoms with Gasteiger partial charge in [0, 0.05) is 13.6 Å². The van der Waals surface area contributed by atoms with Crippen LogP contribution in [0.15, 0.2) is 72.1 Å². The maximum atomic E-state index is 12.8. The fraction of sp³-hybridized carbons (Fsp3) is 0.167. The van der Waals surface area contributed by atoms with Gasteiger partial charge in [-0.15, -0.1) is 10.2 Å². The maximum Gasteiger partial charge on any atom is 0.238 e. The summed E-state index contributed by atoms with van der Waals surface area (Å²) in [5, 5.41) is 11.3. The Morgan fingerprint density at radius 2 is 1.79 bits per heavy atom. The van der Waals surface area contributed by atoms with Gasteiger partial charge in [0.05, 0.1) is 0 Å². The summed E-state index contributed by atoms with van der Waals surface area (Å²) in [6, 6.07) is 19.6. The highest BCUT2D eigenvalue weighted by Gasteiger charge is 2.23. The van der Waals surface area contributed by atoms with Gasteiger partial charge >= 0.3 is 0 Å². The number of carbonyl (C=O) groups excluding carboxylic acids is 1. The summed E-state index contributed by atoms with van der Waals surface area (Å²) < 4.78 is 1.81. The van der Waals surface area contributed by atoms with E-state index in [0.717, 1.165) is 11.1 Å². The van der Waals surface area contributed by atoms with Crippen molar-refractivity contribution in [1.82, 2.24) is 20.1 Å². The second kappa shape index (κ2) is 7.79. The average molecular weight is 338 g/mol. The van der Waals surface area contributed by atoms with Crippen molar-refractivity contribution in [3.8, 4) is 0 Å². The first kappa shape index (κ1) is 16.3. The Morgan fingerprint density at radius 3 is 2.42 bits per heavy atom. The van der Waals surface area contributed by atoms with Gasteiger partial charge in [-0.2, -0.15) is 0 Å². The Kier molecular flexibility index (Phi) is 5.28. The summed E-state index contributed by atoms with van der Waals surface area (Å²) in [5.74, 6) is -0.0435. The quantitative estimate of drug-likeness (QED) is 0.702. The lowest BCUT2D eigenvalue weighted by atomic mass is 10.1. The first-order chi connectivity index (χ1) is 11.7. The Morgan fingerprint density at radius 1 is 1.12 bits per heavy atom. The van der Waals surface area contributed by atoms with Gasteiger partial charge in [0.15, 0.2) is 5.16 Å². The normalized spacial score (nSPS) is 11.9. The smallest absolute Gasteiger partial charge is 0.238 e. The number of amides is 1. The van der Waals surface area contributed by atoms with Gasteiger partial charge in [-0.1, -0.05) is 72.4 Å². The van der Waals surface area contributed by atoms with Gasteiger partial charge in [0.25, 0.3) is 0 Å². The number of nitrogens with zero attached hydrogens (tertiary/aromatic N) is 3. The lowest BCUT2D eigenvalue weighted by Crippen LogP contribution is -2.27. The van der Waals surface area contributed by atoms with E-state index in [-0.39, 0.29) is 11.2 Å². The van der Waals surface area contributed by atoms with Crippen LogP contribution in [0.4, 0.5) is 0 Å². The first-order valence-corrected chi connectivity index (χ1v) is 8.49. The van der Waals surface area contributed by atoms with Crippen molar-refractivity contribution in [2.45, 2.75) is 17.0 Å². The third-order valence-electron chi connectivity index (χ3n) is 3.54. The van der Waals surface area contributed by atoms with Crippen LogP contribution in [0.2, 0.25) is 0 Å². The minimum atomic E-state index is -0.377. The summed E-state index contributed by atoms with van der Waals surface area (Å²) in [5.41, 5.74) is 2.01. The highest BCUT2D eigenvalue weighted by atomic mass is 32.2. The molecule has 0 radical (unpaired) electrons. The van der Waals surface area contributed by atoms with Gasteiger partial charge < -0.3 is 9.88 Å². The monoisotopic (exact) mass is 338 g/mol. The lowest BCUT2D eigenvalue weighted by Gasteiger charge is -2.16. The van der Waals surface area contributed by atoms with Gasteiger partial charge in [-0.25, -0.2) is 0 Å². The molecule has 0 saturated heterocycles. The molecule has 0 aliphatic rings. The van der Waals surface area contributed by atoms with Crippen molar-refractivity contribution in [2.24, 2.45) is 7.05 Å². The van der Waals surface area contributed by atoms with E-state index in [4.69, 9.17) is 0 Å². The van der Waals surface area contributed by atoms with Crippen LogP contribution >= 0.6 is 11.8 Å². The van der Waals surface area contributed by atoms with Crippen LogP contribution in [0.5, 0.6) is 0 Å². The van der Waals surface area contributed by atoms with Gasteiger partial charge in [0.2, 0.25) is 5.91 Å². The predicted octanol–water partition coefficient (Wildman–Crippen LogP) is 2.96. The van der Waals surface area contributed by atoms with E-state index in [1.807, 2.05) is 72.3 Å². The molecular weight excluding hydrogens is 320 g/mol. The zero-order valence-electron chi connectivity index (χ0n) is 13.3. The predicted molar refractivity (Wildman–Crippen MR) is 94.3 cm³/mol. The fourth-order valence-electron chi connectivity index (χ4n) is 2.26. The summed E-state index contributed by atoms with van der Waals surface area (Å²) in [6.45, 7) is 0.502. The standard InChI is InChI=1S/C18H18N4OS/c1-22-13-20-21-18(22)24-16(15-10-6-3-7-11-15)17(23)19-12-14-8-4-2-5-9-14/h2-11,13,16H,12H2,1H3,(H,19,23)/t16-/m0/s1. The molecular formula is C18H18N4OS. The van der Waals surface area contributed by atoms with Crippen molar-refractivity contribution in [1.29, 1.82) is 0 Å². The highest BCUT2D eigenvalue weighted by molar-refractivity contribution is 8.00. The zero-order valence-corrected chi connectivity index (χ0v) is 14.1. The number of aryl methyl sites for hydroxylation is 1. The number of thioether (sulfide) groups is 1. The average Bonchev–Trinajstić information content (AvgIpc) is 3.04. The number of hydrogen-bond acceptors (Lipinski definition) is 4. The van der Waals surface area contributed by atoms with E-state index in [0.29, 0.717) is 11.7 Å². The molecule has 1 N–H and O–H groups in total. The molecule has 0 aliphatic heterocycles. The molecule has 5 nitrogen and oxygen atoms in total. The minimum Gasteiger partial charge on any atom is -0.351 e. The molecule has 0 bridgehead atoms. The summed E-state index contributed by atoms with van der Waals surface area (Å²) in [4.78, 5) is 12.8. The Bertz CT molecular complexity index is 789. The van der Waals surface area contributed by atoms with Crippen molar-refractivity contribution in [3.63, 3.8) is 0 Å². The zero-order chi connectivity index (χ0) is 16.8. The number of hydrogen-bond donors (Lipinski definition) is 1.